The van der Waals surface area contributed by atoms with Crippen LogP contribution in [0.3, 0.4) is 0 Å². The van der Waals surface area contributed by atoms with Gasteiger partial charge in [-0.25, -0.2) is 0 Å². The molecule has 1 amide bonds. The molecular formula is C17H20N4O. The highest BCUT2D eigenvalue weighted by molar-refractivity contribution is 5.92. The second-order valence-corrected chi connectivity index (χ2v) is 5.57. The summed E-state index contributed by atoms with van der Waals surface area (Å²) in [6, 6.07) is 9.43. The summed E-state index contributed by atoms with van der Waals surface area (Å²) in [6.45, 7) is 2.74. The number of piperidine rings is 1. The fraction of sp³-hybridized carbons (Fsp3) is 0.353. The van der Waals surface area contributed by atoms with Gasteiger partial charge in [-0.15, -0.1) is 0 Å². The van der Waals surface area contributed by atoms with E-state index in [9.17, 15) is 4.79 Å². The van der Waals surface area contributed by atoms with Crippen molar-refractivity contribution in [2.24, 2.45) is 5.92 Å². The van der Waals surface area contributed by atoms with Crippen LogP contribution in [0.2, 0.25) is 0 Å². The normalized spacial score (nSPS) is 15.5. The Labute approximate surface area is 130 Å². The van der Waals surface area contributed by atoms with E-state index in [1.54, 1.807) is 18.5 Å². The standard InChI is InChI=1S/C17H20N4O/c22-17(16-5-1-2-9-19-16)20-12-14-6-10-21(11-7-14)15-4-3-8-18-13-15/h1-5,8-9,13-14H,6-7,10-12H2,(H,20,22). The van der Waals surface area contributed by atoms with Crippen molar-refractivity contribution in [2.45, 2.75) is 12.8 Å². The van der Waals surface area contributed by atoms with Crippen LogP contribution in [-0.4, -0.2) is 35.5 Å². The Bertz CT molecular complexity index is 595. The van der Waals surface area contributed by atoms with Crippen molar-refractivity contribution >= 4 is 11.6 Å². The molecule has 22 heavy (non-hydrogen) atoms. The first kappa shape index (κ1) is 14.5. The van der Waals surface area contributed by atoms with Gasteiger partial charge in [0.15, 0.2) is 0 Å². The van der Waals surface area contributed by atoms with Crippen LogP contribution in [0, 0.1) is 5.92 Å². The summed E-state index contributed by atoms with van der Waals surface area (Å²) in [6.07, 6.45) is 7.50. The number of nitrogens with one attached hydrogen (secondary N) is 1. The maximum atomic E-state index is 12.0. The Morgan fingerprint density at radius 2 is 2.05 bits per heavy atom. The number of aromatic nitrogens is 2. The maximum Gasteiger partial charge on any atom is 0.269 e. The van der Waals surface area contributed by atoms with Crippen molar-refractivity contribution in [3.8, 4) is 0 Å². The summed E-state index contributed by atoms with van der Waals surface area (Å²) in [4.78, 5) is 22.6. The number of anilines is 1. The van der Waals surface area contributed by atoms with Crippen molar-refractivity contribution in [2.75, 3.05) is 24.5 Å². The molecule has 0 spiro atoms. The fourth-order valence-electron chi connectivity index (χ4n) is 2.76. The molecule has 1 saturated heterocycles. The van der Waals surface area contributed by atoms with Gasteiger partial charge in [0.1, 0.15) is 5.69 Å². The van der Waals surface area contributed by atoms with Gasteiger partial charge in [-0.05, 0) is 43.0 Å². The van der Waals surface area contributed by atoms with Crippen molar-refractivity contribution in [1.29, 1.82) is 0 Å². The van der Waals surface area contributed by atoms with Gasteiger partial charge in [0.2, 0.25) is 0 Å². The number of amides is 1. The molecule has 114 valence electrons. The van der Waals surface area contributed by atoms with E-state index in [-0.39, 0.29) is 5.91 Å². The third-order valence-electron chi connectivity index (χ3n) is 4.07. The lowest BCUT2D eigenvalue weighted by Crippen LogP contribution is -2.38. The summed E-state index contributed by atoms with van der Waals surface area (Å²) >= 11 is 0. The molecule has 5 nitrogen and oxygen atoms in total. The average molecular weight is 296 g/mol. The molecule has 3 heterocycles. The zero-order chi connectivity index (χ0) is 15.2. The zero-order valence-corrected chi connectivity index (χ0v) is 12.5. The molecule has 0 aromatic carbocycles. The lowest BCUT2D eigenvalue weighted by Gasteiger charge is -2.33. The summed E-state index contributed by atoms with van der Waals surface area (Å²) < 4.78 is 0. The monoisotopic (exact) mass is 296 g/mol. The molecule has 1 N–H and O–H groups in total. The molecule has 3 rings (SSSR count). The SMILES string of the molecule is O=C(NCC1CCN(c2cccnc2)CC1)c1ccccn1. The fourth-order valence-corrected chi connectivity index (χ4v) is 2.76. The number of hydrogen-bond donors (Lipinski definition) is 1. The number of rotatable bonds is 4. The number of pyridine rings is 2. The highest BCUT2D eigenvalue weighted by Gasteiger charge is 2.20. The molecule has 1 fully saturated rings. The van der Waals surface area contributed by atoms with Crippen LogP contribution in [-0.2, 0) is 0 Å². The van der Waals surface area contributed by atoms with Crippen molar-refractivity contribution in [1.82, 2.24) is 15.3 Å². The first-order chi connectivity index (χ1) is 10.8. The minimum absolute atomic E-state index is 0.0877. The van der Waals surface area contributed by atoms with E-state index < -0.39 is 0 Å². The maximum absolute atomic E-state index is 12.0. The molecule has 0 radical (unpaired) electrons. The quantitative estimate of drug-likeness (QED) is 0.939. The Hall–Kier alpha value is -2.43. The van der Waals surface area contributed by atoms with Crippen LogP contribution in [0.4, 0.5) is 5.69 Å². The van der Waals surface area contributed by atoms with Crippen LogP contribution in [0.5, 0.6) is 0 Å². The smallest absolute Gasteiger partial charge is 0.269 e. The van der Waals surface area contributed by atoms with Crippen molar-refractivity contribution < 1.29 is 4.79 Å². The van der Waals surface area contributed by atoms with Crippen LogP contribution in [0.15, 0.2) is 48.9 Å². The van der Waals surface area contributed by atoms with Crippen LogP contribution >= 0.6 is 0 Å². The van der Waals surface area contributed by atoms with E-state index in [0.29, 0.717) is 11.6 Å². The molecule has 1 aliphatic heterocycles. The van der Waals surface area contributed by atoms with Gasteiger partial charge in [0.25, 0.3) is 5.91 Å². The molecule has 0 unspecified atom stereocenters. The molecule has 0 atom stereocenters. The molecule has 2 aromatic heterocycles. The number of carbonyl (C=O) groups is 1. The van der Waals surface area contributed by atoms with Gasteiger partial charge >= 0.3 is 0 Å². The predicted octanol–water partition coefficient (Wildman–Crippen LogP) is 2.12. The summed E-state index contributed by atoms with van der Waals surface area (Å²) in [5.74, 6) is 0.441. The molecule has 1 aliphatic rings. The number of hydrogen-bond acceptors (Lipinski definition) is 4. The van der Waals surface area contributed by atoms with Gasteiger partial charge in [-0.1, -0.05) is 6.07 Å². The summed E-state index contributed by atoms with van der Waals surface area (Å²) in [5.41, 5.74) is 1.66. The number of carbonyl (C=O) groups excluding carboxylic acids is 1. The Morgan fingerprint density at radius 1 is 1.18 bits per heavy atom. The summed E-state index contributed by atoms with van der Waals surface area (Å²) in [5, 5.41) is 2.99. The number of nitrogens with zero attached hydrogens (tertiary/aromatic N) is 3. The highest BCUT2D eigenvalue weighted by Crippen LogP contribution is 2.21. The lowest BCUT2D eigenvalue weighted by molar-refractivity contribution is 0.0940. The van der Waals surface area contributed by atoms with Crippen molar-refractivity contribution in [3.63, 3.8) is 0 Å². The third-order valence-corrected chi connectivity index (χ3v) is 4.07. The van der Waals surface area contributed by atoms with Gasteiger partial charge in [0.05, 0.1) is 11.9 Å². The van der Waals surface area contributed by atoms with E-state index >= 15 is 0 Å². The lowest BCUT2D eigenvalue weighted by atomic mass is 9.96. The van der Waals surface area contributed by atoms with E-state index in [4.69, 9.17) is 0 Å². The first-order valence-corrected chi connectivity index (χ1v) is 7.67. The van der Waals surface area contributed by atoms with E-state index in [2.05, 4.69) is 26.3 Å². The van der Waals surface area contributed by atoms with Crippen LogP contribution < -0.4 is 10.2 Å². The largest absolute Gasteiger partial charge is 0.370 e. The third kappa shape index (κ3) is 3.61. The van der Waals surface area contributed by atoms with Gasteiger partial charge in [-0.3, -0.25) is 14.8 Å². The van der Waals surface area contributed by atoms with Crippen molar-refractivity contribution in [3.05, 3.63) is 54.6 Å². The topological polar surface area (TPSA) is 58.1 Å². The van der Waals surface area contributed by atoms with Gasteiger partial charge < -0.3 is 10.2 Å². The minimum atomic E-state index is -0.0877. The summed E-state index contributed by atoms with van der Waals surface area (Å²) in [7, 11) is 0. The van der Waals surface area contributed by atoms with E-state index in [1.165, 1.54) is 5.69 Å². The molecule has 0 saturated carbocycles. The second-order valence-electron chi connectivity index (χ2n) is 5.57. The Morgan fingerprint density at radius 3 is 2.73 bits per heavy atom. The molecular weight excluding hydrogens is 276 g/mol. The molecule has 5 heteroatoms. The highest BCUT2D eigenvalue weighted by atomic mass is 16.1. The van der Waals surface area contributed by atoms with Crippen LogP contribution in [0.1, 0.15) is 23.3 Å². The Balaban J connectivity index is 1.45. The van der Waals surface area contributed by atoms with Gasteiger partial charge in [-0.2, -0.15) is 0 Å². The van der Waals surface area contributed by atoms with E-state index in [0.717, 1.165) is 32.5 Å². The molecule has 0 bridgehead atoms. The molecule has 0 aliphatic carbocycles. The Kier molecular flexibility index (Phi) is 4.63. The van der Waals surface area contributed by atoms with E-state index in [1.807, 2.05) is 24.4 Å². The minimum Gasteiger partial charge on any atom is -0.370 e. The zero-order valence-electron chi connectivity index (χ0n) is 12.5. The second kappa shape index (κ2) is 7.02. The van der Waals surface area contributed by atoms with Crippen LogP contribution in [0.25, 0.3) is 0 Å². The first-order valence-electron chi connectivity index (χ1n) is 7.67. The van der Waals surface area contributed by atoms with Gasteiger partial charge in [0, 0.05) is 32.0 Å². The average Bonchev–Trinajstić information content (AvgIpc) is 2.61. The predicted molar refractivity (Wildman–Crippen MR) is 85.7 cm³/mol. The molecule has 2 aromatic rings.